The number of anilines is 1. The molecule has 0 aliphatic carbocycles. The van der Waals surface area contributed by atoms with Crippen molar-refractivity contribution >= 4 is 5.95 Å². The Labute approximate surface area is 101 Å². The molecule has 1 aromatic heterocycles. The van der Waals surface area contributed by atoms with Crippen LogP contribution in [0.1, 0.15) is 11.4 Å². The smallest absolute Gasteiger partial charge is 0.243 e. The van der Waals surface area contributed by atoms with Crippen molar-refractivity contribution in [3.8, 4) is 0 Å². The van der Waals surface area contributed by atoms with E-state index in [0.717, 1.165) is 31.1 Å². The van der Waals surface area contributed by atoms with E-state index in [4.69, 9.17) is 4.74 Å². The van der Waals surface area contributed by atoms with Crippen molar-refractivity contribution in [1.82, 2.24) is 20.1 Å². The lowest BCUT2D eigenvalue weighted by molar-refractivity contribution is -0.0118. The topological polar surface area (TPSA) is 63.2 Å². The molecule has 0 radical (unpaired) electrons. The van der Waals surface area contributed by atoms with Crippen molar-refractivity contribution in [3.05, 3.63) is 11.4 Å². The molecule has 1 aromatic rings. The first-order chi connectivity index (χ1) is 8.15. The van der Waals surface area contributed by atoms with Gasteiger partial charge in [0, 0.05) is 19.6 Å². The maximum Gasteiger partial charge on any atom is 0.243 e. The highest BCUT2D eigenvalue weighted by Gasteiger charge is 2.17. The van der Waals surface area contributed by atoms with Crippen LogP contribution in [-0.4, -0.2) is 59.5 Å². The minimum absolute atomic E-state index is 0.193. The standard InChI is InChI=1S/C11H19N5O/c1-8-9(2)14-15-11(13-8)12-6-10-7-16(3)4-5-17-10/h10H,4-7H2,1-3H3,(H,12,13,15). The molecule has 1 aliphatic heterocycles. The number of hydrogen-bond acceptors (Lipinski definition) is 6. The Hall–Kier alpha value is -1.27. The maximum absolute atomic E-state index is 5.64. The van der Waals surface area contributed by atoms with Crippen LogP contribution in [0.15, 0.2) is 0 Å². The Morgan fingerprint density at radius 1 is 1.35 bits per heavy atom. The van der Waals surface area contributed by atoms with Gasteiger partial charge in [0.2, 0.25) is 5.95 Å². The molecule has 0 bridgehead atoms. The lowest BCUT2D eigenvalue weighted by atomic mass is 10.3. The molecule has 0 amide bonds. The second-order valence-corrected chi connectivity index (χ2v) is 4.44. The van der Waals surface area contributed by atoms with Crippen molar-refractivity contribution in [2.45, 2.75) is 20.0 Å². The van der Waals surface area contributed by atoms with Crippen LogP contribution in [0.3, 0.4) is 0 Å². The van der Waals surface area contributed by atoms with Crippen LogP contribution in [0.25, 0.3) is 0 Å². The summed E-state index contributed by atoms with van der Waals surface area (Å²) in [7, 11) is 2.10. The van der Waals surface area contributed by atoms with Gasteiger partial charge in [-0.3, -0.25) is 0 Å². The summed E-state index contributed by atoms with van der Waals surface area (Å²) in [6.45, 7) is 7.27. The average Bonchev–Trinajstić information content (AvgIpc) is 2.31. The second-order valence-electron chi connectivity index (χ2n) is 4.44. The molecular weight excluding hydrogens is 218 g/mol. The lowest BCUT2D eigenvalue weighted by Crippen LogP contribution is -2.43. The third-order valence-corrected chi connectivity index (χ3v) is 2.92. The average molecular weight is 237 g/mol. The lowest BCUT2D eigenvalue weighted by Gasteiger charge is -2.30. The molecule has 2 heterocycles. The molecule has 94 valence electrons. The maximum atomic E-state index is 5.64. The number of hydrogen-bond donors (Lipinski definition) is 1. The molecule has 1 fully saturated rings. The number of rotatable bonds is 3. The predicted molar refractivity (Wildman–Crippen MR) is 65.0 cm³/mol. The quantitative estimate of drug-likeness (QED) is 0.812. The number of aryl methyl sites for hydroxylation is 2. The Bertz CT molecular complexity index is 384. The van der Waals surface area contributed by atoms with Gasteiger partial charge in [-0.2, -0.15) is 5.10 Å². The molecule has 1 unspecified atom stereocenters. The molecule has 2 rings (SSSR count). The van der Waals surface area contributed by atoms with E-state index in [2.05, 4.69) is 32.4 Å². The first-order valence-electron chi connectivity index (χ1n) is 5.87. The zero-order chi connectivity index (χ0) is 12.3. The van der Waals surface area contributed by atoms with Crippen molar-refractivity contribution < 1.29 is 4.74 Å². The van der Waals surface area contributed by atoms with Gasteiger partial charge < -0.3 is 15.0 Å². The van der Waals surface area contributed by atoms with E-state index < -0.39 is 0 Å². The highest BCUT2D eigenvalue weighted by Crippen LogP contribution is 2.05. The van der Waals surface area contributed by atoms with Crippen LogP contribution in [-0.2, 0) is 4.74 Å². The number of nitrogens with one attached hydrogen (secondary N) is 1. The van der Waals surface area contributed by atoms with Crippen LogP contribution in [0, 0.1) is 13.8 Å². The molecular formula is C11H19N5O. The molecule has 6 nitrogen and oxygen atoms in total. The van der Waals surface area contributed by atoms with E-state index in [0.29, 0.717) is 12.5 Å². The summed E-state index contributed by atoms with van der Waals surface area (Å²) in [5, 5.41) is 11.2. The fraction of sp³-hybridized carbons (Fsp3) is 0.727. The number of ether oxygens (including phenoxy) is 1. The fourth-order valence-electron chi connectivity index (χ4n) is 1.73. The molecule has 1 N–H and O–H groups in total. The van der Waals surface area contributed by atoms with Gasteiger partial charge in [0.05, 0.1) is 24.1 Å². The molecule has 0 spiro atoms. The zero-order valence-corrected chi connectivity index (χ0v) is 10.6. The van der Waals surface area contributed by atoms with Gasteiger partial charge in [-0.1, -0.05) is 0 Å². The molecule has 0 saturated carbocycles. The van der Waals surface area contributed by atoms with Crippen molar-refractivity contribution in [2.75, 3.05) is 38.6 Å². The van der Waals surface area contributed by atoms with E-state index in [-0.39, 0.29) is 6.10 Å². The Kier molecular flexibility index (Phi) is 3.86. The van der Waals surface area contributed by atoms with Crippen LogP contribution < -0.4 is 5.32 Å². The normalized spacial score (nSPS) is 21.5. The number of aromatic nitrogens is 3. The Morgan fingerprint density at radius 2 is 2.18 bits per heavy atom. The fourth-order valence-corrected chi connectivity index (χ4v) is 1.73. The van der Waals surface area contributed by atoms with Gasteiger partial charge in [-0.15, -0.1) is 5.10 Å². The summed E-state index contributed by atoms with van der Waals surface area (Å²) in [5.41, 5.74) is 1.77. The third kappa shape index (κ3) is 3.34. The molecule has 1 saturated heterocycles. The van der Waals surface area contributed by atoms with Gasteiger partial charge >= 0.3 is 0 Å². The predicted octanol–water partition coefficient (Wildman–Crippen LogP) is 0.231. The molecule has 1 atom stereocenters. The highest BCUT2D eigenvalue weighted by molar-refractivity contribution is 5.24. The largest absolute Gasteiger partial charge is 0.374 e. The van der Waals surface area contributed by atoms with Gasteiger partial charge in [-0.25, -0.2) is 4.98 Å². The van der Waals surface area contributed by atoms with Gasteiger partial charge in [0.25, 0.3) is 0 Å². The minimum Gasteiger partial charge on any atom is -0.374 e. The molecule has 0 aromatic carbocycles. The van der Waals surface area contributed by atoms with E-state index >= 15 is 0 Å². The minimum atomic E-state index is 0.193. The van der Waals surface area contributed by atoms with E-state index in [1.54, 1.807) is 0 Å². The number of nitrogens with zero attached hydrogens (tertiary/aromatic N) is 4. The van der Waals surface area contributed by atoms with Crippen LogP contribution in [0.4, 0.5) is 5.95 Å². The van der Waals surface area contributed by atoms with Crippen molar-refractivity contribution in [3.63, 3.8) is 0 Å². The van der Waals surface area contributed by atoms with Gasteiger partial charge in [0.15, 0.2) is 0 Å². The Morgan fingerprint density at radius 3 is 2.88 bits per heavy atom. The molecule has 17 heavy (non-hydrogen) atoms. The summed E-state index contributed by atoms with van der Waals surface area (Å²) in [5.74, 6) is 0.574. The highest BCUT2D eigenvalue weighted by atomic mass is 16.5. The number of morpholine rings is 1. The molecule has 1 aliphatic rings. The van der Waals surface area contributed by atoms with E-state index in [1.165, 1.54) is 0 Å². The van der Waals surface area contributed by atoms with Crippen molar-refractivity contribution in [2.24, 2.45) is 0 Å². The summed E-state index contributed by atoms with van der Waals surface area (Å²) in [4.78, 5) is 6.58. The van der Waals surface area contributed by atoms with Crippen LogP contribution in [0.2, 0.25) is 0 Å². The molecule has 6 heteroatoms. The van der Waals surface area contributed by atoms with Crippen LogP contribution >= 0.6 is 0 Å². The zero-order valence-electron chi connectivity index (χ0n) is 10.6. The van der Waals surface area contributed by atoms with E-state index in [9.17, 15) is 0 Å². The van der Waals surface area contributed by atoms with Gasteiger partial charge in [0.1, 0.15) is 0 Å². The third-order valence-electron chi connectivity index (χ3n) is 2.92. The monoisotopic (exact) mass is 237 g/mol. The first kappa shape index (κ1) is 12.2. The summed E-state index contributed by atoms with van der Waals surface area (Å²) >= 11 is 0. The van der Waals surface area contributed by atoms with E-state index in [1.807, 2.05) is 13.8 Å². The second kappa shape index (κ2) is 5.37. The Balaban J connectivity index is 1.86. The van der Waals surface area contributed by atoms with Gasteiger partial charge in [-0.05, 0) is 20.9 Å². The number of likely N-dealkylation sites (N-methyl/N-ethyl adjacent to an activating group) is 1. The summed E-state index contributed by atoms with van der Waals surface area (Å²) < 4.78 is 5.64. The SMILES string of the molecule is Cc1nnc(NCC2CN(C)CCO2)nc1C. The van der Waals surface area contributed by atoms with Crippen molar-refractivity contribution in [1.29, 1.82) is 0 Å². The van der Waals surface area contributed by atoms with Crippen LogP contribution in [0.5, 0.6) is 0 Å². The first-order valence-corrected chi connectivity index (χ1v) is 5.87. The summed E-state index contributed by atoms with van der Waals surface area (Å²) in [6, 6.07) is 0. The summed E-state index contributed by atoms with van der Waals surface area (Å²) in [6.07, 6.45) is 0.193.